The molecule has 1 heterocycles. The number of alkyl halides is 3. The van der Waals surface area contributed by atoms with Crippen molar-refractivity contribution in [1.29, 1.82) is 0 Å². The lowest BCUT2D eigenvalue weighted by molar-refractivity contribution is -0.138. The molecule has 1 amide bonds. The summed E-state index contributed by atoms with van der Waals surface area (Å²) < 4.78 is 70.4. The van der Waals surface area contributed by atoms with Gasteiger partial charge in [0, 0.05) is 12.7 Å². The molecule has 0 bridgehead atoms. The molecule has 0 aliphatic rings. The van der Waals surface area contributed by atoms with Gasteiger partial charge in [-0.05, 0) is 23.8 Å². The molecule has 2 aromatic rings. The van der Waals surface area contributed by atoms with Gasteiger partial charge in [-0.25, -0.2) is 9.37 Å². The highest BCUT2D eigenvalue weighted by Crippen LogP contribution is 2.32. The molecule has 128 valence electrons. The van der Waals surface area contributed by atoms with E-state index in [-0.39, 0.29) is 17.9 Å². The molecule has 24 heavy (non-hydrogen) atoms. The Balaban J connectivity index is 2.21. The summed E-state index contributed by atoms with van der Waals surface area (Å²) in [6, 6.07) is 4.25. The Morgan fingerprint density at radius 2 is 1.96 bits per heavy atom. The van der Waals surface area contributed by atoms with Gasteiger partial charge in [0.1, 0.15) is 5.56 Å². The number of ether oxygens (including phenoxy) is 1. The quantitative estimate of drug-likeness (QED) is 0.683. The summed E-state index contributed by atoms with van der Waals surface area (Å²) in [5, 5.41) is 2.11. The standard InChI is InChI=1S/C15H11F5N2O2/c1-24-11-3-2-8(6-10(11)16)7-22-14(23)12-9(15(18,19)20)4-5-21-13(12)17/h2-6H,7H2,1H3,(H,22,23). The summed E-state index contributed by atoms with van der Waals surface area (Å²) in [6.45, 7) is -0.300. The first kappa shape index (κ1) is 17.6. The van der Waals surface area contributed by atoms with Gasteiger partial charge in [0.2, 0.25) is 5.95 Å². The number of hydrogen-bond acceptors (Lipinski definition) is 3. The molecular formula is C15H11F5N2O2. The lowest BCUT2D eigenvalue weighted by Crippen LogP contribution is -2.27. The van der Waals surface area contributed by atoms with Gasteiger partial charge in [-0.3, -0.25) is 4.79 Å². The summed E-state index contributed by atoms with van der Waals surface area (Å²) in [6.07, 6.45) is -4.30. The zero-order valence-electron chi connectivity index (χ0n) is 12.2. The Morgan fingerprint density at radius 3 is 2.54 bits per heavy atom. The number of aromatic nitrogens is 1. The number of amides is 1. The highest BCUT2D eigenvalue weighted by molar-refractivity contribution is 5.95. The number of carbonyl (C=O) groups excluding carboxylic acids is 1. The molecule has 0 atom stereocenters. The number of nitrogens with one attached hydrogen (secondary N) is 1. The average molecular weight is 346 g/mol. The van der Waals surface area contributed by atoms with Crippen molar-refractivity contribution >= 4 is 5.91 Å². The van der Waals surface area contributed by atoms with Crippen LogP contribution in [0.25, 0.3) is 0 Å². The second kappa shape index (κ2) is 6.81. The van der Waals surface area contributed by atoms with Crippen molar-refractivity contribution in [2.75, 3.05) is 7.11 Å². The van der Waals surface area contributed by atoms with E-state index in [9.17, 15) is 26.7 Å². The van der Waals surface area contributed by atoms with Crippen LogP contribution in [0.3, 0.4) is 0 Å². The van der Waals surface area contributed by atoms with Crippen LogP contribution in [-0.2, 0) is 12.7 Å². The molecule has 0 spiro atoms. The van der Waals surface area contributed by atoms with Crippen LogP contribution >= 0.6 is 0 Å². The molecule has 4 nitrogen and oxygen atoms in total. The predicted molar refractivity (Wildman–Crippen MR) is 73.3 cm³/mol. The Kier molecular flexibility index (Phi) is 5.01. The third kappa shape index (κ3) is 3.79. The van der Waals surface area contributed by atoms with Gasteiger partial charge in [0.15, 0.2) is 11.6 Å². The van der Waals surface area contributed by atoms with Crippen molar-refractivity contribution in [2.45, 2.75) is 12.7 Å². The van der Waals surface area contributed by atoms with Gasteiger partial charge in [-0.1, -0.05) is 6.07 Å². The molecule has 0 unspecified atom stereocenters. The number of hydrogen-bond donors (Lipinski definition) is 1. The monoisotopic (exact) mass is 346 g/mol. The number of methoxy groups -OCH3 is 1. The third-order valence-corrected chi connectivity index (χ3v) is 3.11. The maximum Gasteiger partial charge on any atom is 0.417 e. The summed E-state index contributed by atoms with van der Waals surface area (Å²) in [4.78, 5) is 15.0. The minimum absolute atomic E-state index is 0.0252. The fraction of sp³-hybridized carbons (Fsp3) is 0.200. The number of rotatable bonds is 4. The summed E-state index contributed by atoms with van der Waals surface area (Å²) in [5.41, 5.74) is -2.38. The first-order valence-electron chi connectivity index (χ1n) is 6.56. The number of benzene rings is 1. The Labute approximate surface area is 133 Å². The lowest BCUT2D eigenvalue weighted by atomic mass is 10.1. The number of nitrogens with zero attached hydrogens (tertiary/aromatic N) is 1. The fourth-order valence-electron chi connectivity index (χ4n) is 1.98. The van der Waals surface area contributed by atoms with Crippen molar-refractivity contribution in [3.63, 3.8) is 0 Å². The molecule has 2 rings (SSSR count). The van der Waals surface area contributed by atoms with E-state index in [1.54, 1.807) is 0 Å². The van der Waals surface area contributed by atoms with Gasteiger partial charge in [0.05, 0.1) is 12.7 Å². The van der Waals surface area contributed by atoms with Gasteiger partial charge in [0.25, 0.3) is 5.91 Å². The average Bonchev–Trinajstić information content (AvgIpc) is 2.51. The van der Waals surface area contributed by atoms with Crippen molar-refractivity contribution in [3.8, 4) is 5.75 Å². The van der Waals surface area contributed by atoms with Crippen LogP contribution in [0.5, 0.6) is 5.75 Å². The Morgan fingerprint density at radius 1 is 1.25 bits per heavy atom. The largest absolute Gasteiger partial charge is 0.494 e. The molecule has 1 N–H and O–H groups in total. The van der Waals surface area contributed by atoms with Crippen LogP contribution in [0.4, 0.5) is 22.0 Å². The van der Waals surface area contributed by atoms with E-state index in [0.29, 0.717) is 12.3 Å². The molecule has 0 saturated carbocycles. The minimum Gasteiger partial charge on any atom is -0.494 e. The number of halogens is 5. The van der Waals surface area contributed by atoms with Crippen molar-refractivity contribution in [3.05, 3.63) is 58.9 Å². The zero-order valence-corrected chi connectivity index (χ0v) is 12.2. The second-order valence-electron chi connectivity index (χ2n) is 4.67. The molecule has 0 radical (unpaired) electrons. The third-order valence-electron chi connectivity index (χ3n) is 3.11. The maximum absolute atomic E-state index is 13.6. The van der Waals surface area contributed by atoms with Gasteiger partial charge in [-0.2, -0.15) is 17.6 Å². The van der Waals surface area contributed by atoms with E-state index in [1.807, 2.05) is 0 Å². The number of pyridine rings is 1. The fourth-order valence-corrected chi connectivity index (χ4v) is 1.98. The molecule has 9 heteroatoms. The zero-order chi connectivity index (χ0) is 17.9. The van der Waals surface area contributed by atoms with E-state index in [1.165, 1.54) is 19.2 Å². The van der Waals surface area contributed by atoms with Crippen LogP contribution in [0.1, 0.15) is 21.5 Å². The van der Waals surface area contributed by atoms with E-state index in [0.717, 1.165) is 6.07 Å². The predicted octanol–water partition coefficient (Wildman–Crippen LogP) is 3.32. The summed E-state index contributed by atoms with van der Waals surface area (Å²) in [7, 11) is 1.27. The van der Waals surface area contributed by atoms with Crippen LogP contribution in [0.15, 0.2) is 30.5 Å². The molecule has 0 aliphatic carbocycles. The maximum atomic E-state index is 13.6. The van der Waals surface area contributed by atoms with E-state index >= 15 is 0 Å². The van der Waals surface area contributed by atoms with Crippen molar-refractivity contribution in [1.82, 2.24) is 10.3 Å². The van der Waals surface area contributed by atoms with Crippen molar-refractivity contribution in [2.24, 2.45) is 0 Å². The SMILES string of the molecule is COc1ccc(CNC(=O)c2c(C(F)(F)F)ccnc2F)cc1F. The first-order chi connectivity index (χ1) is 11.2. The van der Waals surface area contributed by atoms with Crippen LogP contribution < -0.4 is 10.1 Å². The van der Waals surface area contributed by atoms with E-state index < -0.39 is 35.0 Å². The smallest absolute Gasteiger partial charge is 0.417 e. The van der Waals surface area contributed by atoms with Crippen LogP contribution in [0, 0.1) is 11.8 Å². The highest BCUT2D eigenvalue weighted by atomic mass is 19.4. The van der Waals surface area contributed by atoms with Gasteiger partial charge >= 0.3 is 6.18 Å². The first-order valence-corrected chi connectivity index (χ1v) is 6.56. The second-order valence-corrected chi connectivity index (χ2v) is 4.67. The molecular weight excluding hydrogens is 335 g/mol. The highest BCUT2D eigenvalue weighted by Gasteiger charge is 2.37. The molecule has 1 aromatic carbocycles. The summed E-state index contributed by atoms with van der Waals surface area (Å²) in [5.74, 6) is -3.57. The normalized spacial score (nSPS) is 11.2. The molecule has 0 aliphatic heterocycles. The Hall–Kier alpha value is -2.71. The molecule has 0 fully saturated rings. The molecule has 0 saturated heterocycles. The van der Waals surface area contributed by atoms with Crippen LogP contribution in [-0.4, -0.2) is 18.0 Å². The topological polar surface area (TPSA) is 51.2 Å². The van der Waals surface area contributed by atoms with Gasteiger partial charge < -0.3 is 10.1 Å². The molecule has 1 aromatic heterocycles. The van der Waals surface area contributed by atoms with Gasteiger partial charge in [-0.15, -0.1) is 0 Å². The van der Waals surface area contributed by atoms with E-state index in [2.05, 4.69) is 10.3 Å². The summed E-state index contributed by atoms with van der Waals surface area (Å²) >= 11 is 0. The Bertz CT molecular complexity index is 762. The van der Waals surface area contributed by atoms with E-state index in [4.69, 9.17) is 4.74 Å². The minimum atomic E-state index is -4.91. The number of carbonyl (C=O) groups is 1. The van der Waals surface area contributed by atoms with Crippen LogP contribution in [0.2, 0.25) is 0 Å². The van der Waals surface area contributed by atoms with Crippen molar-refractivity contribution < 1.29 is 31.5 Å². The lowest BCUT2D eigenvalue weighted by Gasteiger charge is -2.13.